The summed E-state index contributed by atoms with van der Waals surface area (Å²) in [7, 11) is 1.82. The van der Waals surface area contributed by atoms with Gasteiger partial charge in [0.25, 0.3) is 5.91 Å². The summed E-state index contributed by atoms with van der Waals surface area (Å²) in [5.41, 5.74) is 2.22. The number of hydrogen-bond donors (Lipinski definition) is 2. The smallest absolute Gasteiger partial charge is 0.251 e. The molecular formula is C16H23N5O2. The molecule has 1 aliphatic heterocycles. The van der Waals surface area contributed by atoms with Gasteiger partial charge in [-0.2, -0.15) is 0 Å². The van der Waals surface area contributed by atoms with Crippen LogP contribution in [0.25, 0.3) is 11.0 Å². The summed E-state index contributed by atoms with van der Waals surface area (Å²) in [5, 5.41) is 20.3. The van der Waals surface area contributed by atoms with Gasteiger partial charge in [0, 0.05) is 31.7 Å². The number of rotatable bonds is 5. The van der Waals surface area contributed by atoms with E-state index in [2.05, 4.69) is 20.5 Å². The lowest BCUT2D eigenvalue weighted by atomic mass is 10.0. The Balaban J connectivity index is 1.55. The van der Waals surface area contributed by atoms with Gasteiger partial charge in [-0.05, 0) is 37.6 Å². The molecule has 0 radical (unpaired) electrons. The van der Waals surface area contributed by atoms with Crippen LogP contribution in [0.1, 0.15) is 29.6 Å². The van der Waals surface area contributed by atoms with Gasteiger partial charge in [0.05, 0.1) is 12.1 Å². The van der Waals surface area contributed by atoms with Gasteiger partial charge < -0.3 is 10.4 Å². The number of carbonyl (C=O) groups is 1. The fraction of sp³-hybridized carbons (Fsp3) is 0.562. The van der Waals surface area contributed by atoms with Crippen molar-refractivity contribution in [1.29, 1.82) is 0 Å². The zero-order valence-corrected chi connectivity index (χ0v) is 13.4. The van der Waals surface area contributed by atoms with Crippen molar-refractivity contribution >= 4 is 16.9 Å². The van der Waals surface area contributed by atoms with E-state index in [1.54, 1.807) is 16.8 Å². The van der Waals surface area contributed by atoms with E-state index in [4.69, 9.17) is 0 Å². The lowest BCUT2D eigenvalue weighted by Gasteiger charge is -2.34. The maximum Gasteiger partial charge on any atom is 0.251 e. The Morgan fingerprint density at radius 1 is 1.43 bits per heavy atom. The summed E-state index contributed by atoms with van der Waals surface area (Å²) < 4.78 is 1.68. The van der Waals surface area contributed by atoms with Crippen LogP contribution in [0.15, 0.2) is 18.2 Å². The van der Waals surface area contributed by atoms with Crippen LogP contribution < -0.4 is 5.32 Å². The Kier molecular flexibility index (Phi) is 4.88. The number of benzene rings is 1. The molecule has 23 heavy (non-hydrogen) atoms. The van der Waals surface area contributed by atoms with Crippen LogP contribution in [0.5, 0.6) is 0 Å². The number of piperidine rings is 1. The van der Waals surface area contributed by atoms with Gasteiger partial charge in [0.1, 0.15) is 5.52 Å². The summed E-state index contributed by atoms with van der Waals surface area (Å²) in [5.74, 6) is -0.102. The molecule has 1 unspecified atom stereocenters. The molecule has 1 amide bonds. The van der Waals surface area contributed by atoms with Crippen molar-refractivity contribution in [1.82, 2.24) is 25.2 Å². The standard InChI is InChI=1S/C16H23N5O2/c1-20-15-6-5-12(10-14(15)18-19-20)16(23)17-7-9-21-8-3-2-4-13(21)11-22/h5-6,10,13,22H,2-4,7-9,11H2,1H3,(H,17,23). The van der Waals surface area contributed by atoms with E-state index < -0.39 is 0 Å². The summed E-state index contributed by atoms with van der Waals surface area (Å²) in [6, 6.07) is 5.64. The molecule has 2 N–H and O–H groups in total. The lowest BCUT2D eigenvalue weighted by Crippen LogP contribution is -2.45. The Labute approximate surface area is 135 Å². The average Bonchev–Trinajstić information content (AvgIpc) is 2.96. The van der Waals surface area contributed by atoms with Gasteiger partial charge in [-0.15, -0.1) is 5.10 Å². The topological polar surface area (TPSA) is 83.3 Å². The van der Waals surface area contributed by atoms with Crippen molar-refractivity contribution in [3.05, 3.63) is 23.8 Å². The number of carbonyl (C=O) groups excluding carboxylic acids is 1. The number of amides is 1. The molecule has 1 aliphatic rings. The molecule has 0 spiro atoms. The first-order valence-corrected chi connectivity index (χ1v) is 8.11. The third kappa shape index (κ3) is 3.51. The number of hydrogen-bond acceptors (Lipinski definition) is 5. The van der Waals surface area contributed by atoms with Gasteiger partial charge in [0.2, 0.25) is 0 Å². The van der Waals surface area contributed by atoms with Crippen LogP contribution in [0, 0.1) is 0 Å². The number of nitrogens with zero attached hydrogens (tertiary/aromatic N) is 4. The average molecular weight is 317 g/mol. The van der Waals surface area contributed by atoms with Gasteiger partial charge >= 0.3 is 0 Å². The van der Waals surface area contributed by atoms with E-state index in [1.165, 1.54) is 6.42 Å². The first-order valence-electron chi connectivity index (χ1n) is 8.11. The Bertz CT molecular complexity index is 684. The van der Waals surface area contributed by atoms with Gasteiger partial charge in [-0.1, -0.05) is 11.6 Å². The van der Waals surface area contributed by atoms with Crippen LogP contribution in [0.3, 0.4) is 0 Å². The number of aliphatic hydroxyl groups excluding tert-OH is 1. The largest absolute Gasteiger partial charge is 0.395 e. The highest BCUT2D eigenvalue weighted by atomic mass is 16.3. The highest BCUT2D eigenvalue weighted by Gasteiger charge is 2.21. The number of nitrogens with one attached hydrogen (secondary N) is 1. The van der Waals surface area contributed by atoms with E-state index in [9.17, 15) is 9.90 Å². The molecule has 2 aromatic rings. The molecule has 124 valence electrons. The molecule has 0 aliphatic carbocycles. The predicted molar refractivity (Wildman–Crippen MR) is 87.1 cm³/mol. The van der Waals surface area contributed by atoms with E-state index >= 15 is 0 Å². The summed E-state index contributed by atoms with van der Waals surface area (Å²) >= 11 is 0. The zero-order valence-electron chi connectivity index (χ0n) is 13.4. The SMILES string of the molecule is Cn1nnc2cc(C(=O)NCCN3CCCCC3CO)ccc21. The first kappa shape index (κ1) is 15.9. The van der Waals surface area contributed by atoms with Crippen molar-refractivity contribution in [2.45, 2.75) is 25.3 Å². The minimum Gasteiger partial charge on any atom is -0.395 e. The molecule has 7 heteroatoms. The minimum atomic E-state index is -0.102. The quantitative estimate of drug-likeness (QED) is 0.841. The Morgan fingerprint density at radius 2 is 2.30 bits per heavy atom. The zero-order chi connectivity index (χ0) is 16.2. The van der Waals surface area contributed by atoms with Crippen LogP contribution in [0.2, 0.25) is 0 Å². The highest BCUT2D eigenvalue weighted by molar-refractivity contribution is 5.97. The van der Waals surface area contributed by atoms with E-state index in [-0.39, 0.29) is 18.6 Å². The van der Waals surface area contributed by atoms with Crippen LogP contribution in [-0.2, 0) is 7.05 Å². The molecule has 7 nitrogen and oxygen atoms in total. The van der Waals surface area contributed by atoms with Crippen LogP contribution >= 0.6 is 0 Å². The normalized spacial score (nSPS) is 19.1. The van der Waals surface area contributed by atoms with Crippen molar-refractivity contribution < 1.29 is 9.90 Å². The second kappa shape index (κ2) is 7.06. The lowest BCUT2D eigenvalue weighted by molar-refractivity contribution is 0.0849. The van der Waals surface area contributed by atoms with E-state index in [0.717, 1.165) is 37.0 Å². The summed E-state index contributed by atoms with van der Waals surface area (Å²) in [6.45, 7) is 2.53. The minimum absolute atomic E-state index is 0.102. The molecule has 1 saturated heterocycles. The van der Waals surface area contributed by atoms with Gasteiger partial charge in [-0.25, -0.2) is 4.68 Å². The van der Waals surface area contributed by atoms with Crippen molar-refractivity contribution in [3.63, 3.8) is 0 Å². The third-order valence-corrected chi connectivity index (χ3v) is 4.52. The second-order valence-electron chi connectivity index (χ2n) is 6.04. The molecule has 1 aromatic carbocycles. The van der Waals surface area contributed by atoms with Crippen molar-refractivity contribution in [2.24, 2.45) is 7.05 Å². The molecule has 1 aromatic heterocycles. The van der Waals surface area contributed by atoms with E-state index in [1.807, 2.05) is 13.1 Å². The first-order chi connectivity index (χ1) is 11.2. The molecule has 1 atom stereocenters. The maximum absolute atomic E-state index is 12.3. The monoisotopic (exact) mass is 317 g/mol. The molecule has 2 heterocycles. The number of aryl methyl sites for hydroxylation is 1. The second-order valence-corrected chi connectivity index (χ2v) is 6.04. The number of fused-ring (bicyclic) bond motifs is 1. The van der Waals surface area contributed by atoms with Gasteiger partial charge in [0.15, 0.2) is 0 Å². The number of aliphatic hydroxyl groups is 1. The Hall–Kier alpha value is -1.99. The predicted octanol–water partition coefficient (Wildman–Crippen LogP) is 0.545. The number of likely N-dealkylation sites (tertiary alicyclic amines) is 1. The molecule has 0 bridgehead atoms. The molecule has 1 fully saturated rings. The molecular weight excluding hydrogens is 294 g/mol. The summed E-state index contributed by atoms with van der Waals surface area (Å²) in [6.07, 6.45) is 3.37. The van der Waals surface area contributed by atoms with Crippen molar-refractivity contribution in [2.75, 3.05) is 26.2 Å². The van der Waals surface area contributed by atoms with E-state index in [0.29, 0.717) is 12.1 Å². The van der Waals surface area contributed by atoms with Crippen LogP contribution in [0.4, 0.5) is 0 Å². The van der Waals surface area contributed by atoms with Crippen molar-refractivity contribution in [3.8, 4) is 0 Å². The maximum atomic E-state index is 12.3. The highest BCUT2D eigenvalue weighted by Crippen LogP contribution is 2.16. The van der Waals surface area contributed by atoms with Crippen LogP contribution in [-0.4, -0.2) is 63.2 Å². The fourth-order valence-corrected chi connectivity index (χ4v) is 3.16. The molecule has 0 saturated carbocycles. The van der Waals surface area contributed by atoms with Gasteiger partial charge in [-0.3, -0.25) is 9.69 Å². The molecule has 3 rings (SSSR count). The number of aromatic nitrogens is 3. The fourth-order valence-electron chi connectivity index (χ4n) is 3.16. The Morgan fingerprint density at radius 3 is 3.13 bits per heavy atom. The summed E-state index contributed by atoms with van der Waals surface area (Å²) in [4.78, 5) is 14.5. The third-order valence-electron chi connectivity index (χ3n) is 4.52.